The van der Waals surface area contributed by atoms with Crippen LogP contribution in [0.5, 0.6) is 5.75 Å². The van der Waals surface area contributed by atoms with E-state index >= 15 is 0 Å². The Morgan fingerprint density at radius 1 is 1.00 bits per heavy atom. The Labute approximate surface area is 296 Å². The van der Waals surface area contributed by atoms with Crippen LogP contribution in [-0.2, 0) is 29.1 Å². The second-order valence-electron chi connectivity index (χ2n) is 14.7. The third-order valence-electron chi connectivity index (χ3n) is 10.9. The number of benzene rings is 2. The smallest absolute Gasteiger partial charge is 0.261 e. The van der Waals surface area contributed by atoms with Crippen molar-refractivity contribution in [1.82, 2.24) is 29.7 Å². The molecular weight excluding hydrogens is 646 g/mol. The maximum absolute atomic E-state index is 13.8. The average Bonchev–Trinajstić information content (AvgIpc) is 3.69. The van der Waals surface area contributed by atoms with Gasteiger partial charge < -0.3 is 15.0 Å². The standard InChI is InChI=1S/C39H43N7O5/c1-23(2)51-34-18-31-28(17-33(34)42-38(49)32-19-41-46-14-3-13-40-36(32)46)22-45(39(31)50)29-8-4-24(5-9-29)20-44-15-12-25-16-26(6-7-27(25)21-44)30-10-11-35(47)43-37(30)48/h3,6-7,13-14,16-19,23-24,29-30H,4-5,8-12,15,20-22H2,1-2H3,(H,42,49)(H,43,47,48). The highest BCUT2D eigenvalue weighted by Crippen LogP contribution is 2.39. The Bertz CT molecular complexity index is 2030. The molecule has 4 aliphatic rings. The van der Waals surface area contributed by atoms with Crippen LogP contribution in [0.4, 0.5) is 5.69 Å². The van der Waals surface area contributed by atoms with Crippen LogP contribution < -0.4 is 15.4 Å². The molecule has 1 saturated carbocycles. The molecule has 51 heavy (non-hydrogen) atoms. The molecule has 1 aliphatic carbocycles. The Morgan fingerprint density at radius 3 is 2.65 bits per heavy atom. The van der Waals surface area contributed by atoms with Gasteiger partial charge in [0.15, 0.2) is 5.65 Å². The van der Waals surface area contributed by atoms with Crippen LogP contribution in [-0.4, -0.2) is 73.3 Å². The molecule has 4 amide bonds. The van der Waals surface area contributed by atoms with Crippen LogP contribution >= 0.6 is 0 Å². The number of amides is 4. The lowest BCUT2D eigenvalue weighted by atomic mass is 9.84. The molecule has 2 aromatic carbocycles. The number of aromatic nitrogens is 3. The molecule has 3 aliphatic heterocycles. The average molecular weight is 690 g/mol. The van der Waals surface area contributed by atoms with E-state index in [1.165, 1.54) is 17.3 Å². The van der Waals surface area contributed by atoms with E-state index in [1.807, 2.05) is 24.8 Å². The molecule has 2 N–H and O–H groups in total. The number of ether oxygens (including phenoxy) is 1. The molecule has 12 nitrogen and oxygen atoms in total. The predicted molar refractivity (Wildman–Crippen MR) is 189 cm³/mol. The molecule has 5 heterocycles. The maximum atomic E-state index is 13.8. The number of hydrogen-bond donors (Lipinski definition) is 2. The summed E-state index contributed by atoms with van der Waals surface area (Å²) in [5.74, 6) is 0.111. The monoisotopic (exact) mass is 689 g/mol. The van der Waals surface area contributed by atoms with E-state index in [0.717, 1.165) is 62.9 Å². The van der Waals surface area contributed by atoms with E-state index in [0.29, 0.717) is 53.5 Å². The van der Waals surface area contributed by atoms with E-state index in [-0.39, 0.29) is 41.7 Å². The lowest BCUT2D eigenvalue weighted by Crippen LogP contribution is -2.41. The number of carbonyl (C=O) groups excluding carboxylic acids is 4. The SMILES string of the molecule is CC(C)Oc1cc2c(cc1NC(=O)c1cnn3cccnc13)CN(C1CCC(CN3CCc4cc(C5CCC(=O)NC5=O)ccc4C3)CC1)C2=O. The van der Waals surface area contributed by atoms with Gasteiger partial charge in [-0.05, 0) is 98.7 Å². The molecule has 1 unspecified atom stereocenters. The van der Waals surface area contributed by atoms with Crippen LogP contribution in [0.3, 0.4) is 0 Å². The van der Waals surface area contributed by atoms with Gasteiger partial charge in [-0.15, -0.1) is 0 Å². The van der Waals surface area contributed by atoms with E-state index < -0.39 is 0 Å². The lowest BCUT2D eigenvalue weighted by molar-refractivity contribution is -0.134. The molecule has 12 heteroatoms. The Hall–Kier alpha value is -5.10. The number of carbonyl (C=O) groups is 4. The summed E-state index contributed by atoms with van der Waals surface area (Å²) in [7, 11) is 0. The van der Waals surface area contributed by atoms with Crippen LogP contribution in [0.1, 0.15) is 101 Å². The third-order valence-corrected chi connectivity index (χ3v) is 10.9. The topological polar surface area (TPSA) is 138 Å². The largest absolute Gasteiger partial charge is 0.489 e. The number of nitrogens with one attached hydrogen (secondary N) is 2. The molecule has 2 aromatic heterocycles. The lowest BCUT2D eigenvalue weighted by Gasteiger charge is -2.38. The molecule has 4 aromatic rings. The van der Waals surface area contributed by atoms with Gasteiger partial charge in [-0.3, -0.25) is 29.4 Å². The number of imide groups is 1. The first-order valence-electron chi connectivity index (χ1n) is 18.1. The number of nitrogens with zero attached hydrogens (tertiary/aromatic N) is 5. The van der Waals surface area contributed by atoms with Crippen molar-refractivity contribution in [2.75, 3.05) is 18.4 Å². The van der Waals surface area contributed by atoms with E-state index in [4.69, 9.17) is 4.74 Å². The van der Waals surface area contributed by atoms with Gasteiger partial charge in [0.2, 0.25) is 11.8 Å². The molecule has 8 rings (SSSR count). The predicted octanol–water partition coefficient (Wildman–Crippen LogP) is 4.86. The fraction of sp³-hybridized carbons (Fsp3) is 0.436. The molecule has 0 bridgehead atoms. The summed E-state index contributed by atoms with van der Waals surface area (Å²) < 4.78 is 7.66. The molecule has 264 valence electrons. The molecular formula is C39H43N7O5. The quantitative estimate of drug-likeness (QED) is 0.250. The van der Waals surface area contributed by atoms with Crippen molar-refractivity contribution in [3.05, 3.63) is 88.4 Å². The minimum atomic E-state index is -0.342. The second-order valence-corrected chi connectivity index (χ2v) is 14.7. The summed E-state index contributed by atoms with van der Waals surface area (Å²) in [6, 6.07) is 12.0. The first kappa shape index (κ1) is 33.1. The van der Waals surface area contributed by atoms with E-state index in [9.17, 15) is 19.2 Å². The van der Waals surface area contributed by atoms with Crippen molar-refractivity contribution in [1.29, 1.82) is 0 Å². The summed E-state index contributed by atoms with van der Waals surface area (Å²) in [4.78, 5) is 60.0. The number of fused-ring (bicyclic) bond motifs is 3. The normalized spacial score (nSPS) is 22.2. The number of rotatable bonds is 8. The second kappa shape index (κ2) is 13.6. The Morgan fingerprint density at radius 2 is 1.84 bits per heavy atom. The van der Waals surface area contributed by atoms with Gasteiger partial charge in [0.25, 0.3) is 11.8 Å². The van der Waals surface area contributed by atoms with Gasteiger partial charge in [-0.1, -0.05) is 18.2 Å². The van der Waals surface area contributed by atoms with E-state index in [1.54, 1.807) is 29.0 Å². The highest BCUT2D eigenvalue weighted by atomic mass is 16.5. The van der Waals surface area contributed by atoms with Crippen molar-refractivity contribution in [3.8, 4) is 5.75 Å². The van der Waals surface area contributed by atoms with Gasteiger partial charge in [-0.2, -0.15) is 5.10 Å². The highest BCUT2D eigenvalue weighted by Gasteiger charge is 2.37. The summed E-state index contributed by atoms with van der Waals surface area (Å²) in [5, 5.41) is 9.72. The van der Waals surface area contributed by atoms with Crippen LogP contribution in [0, 0.1) is 5.92 Å². The fourth-order valence-corrected chi connectivity index (χ4v) is 8.31. The molecule has 0 spiro atoms. The summed E-state index contributed by atoms with van der Waals surface area (Å²) in [6.07, 6.45) is 10.7. The molecule has 2 fully saturated rings. The zero-order valence-corrected chi connectivity index (χ0v) is 29.1. The third kappa shape index (κ3) is 6.60. The number of anilines is 1. The minimum absolute atomic E-state index is 0.0241. The van der Waals surface area contributed by atoms with Crippen molar-refractivity contribution in [2.24, 2.45) is 5.92 Å². The van der Waals surface area contributed by atoms with Crippen molar-refractivity contribution in [2.45, 2.75) is 89.9 Å². The summed E-state index contributed by atoms with van der Waals surface area (Å²) in [6.45, 7) is 7.27. The van der Waals surface area contributed by atoms with Gasteiger partial charge in [0.1, 0.15) is 11.3 Å². The van der Waals surface area contributed by atoms with Gasteiger partial charge in [0, 0.05) is 56.6 Å². The first-order chi connectivity index (χ1) is 24.7. The van der Waals surface area contributed by atoms with Crippen molar-refractivity contribution < 1.29 is 23.9 Å². The number of piperidine rings is 1. The fourth-order valence-electron chi connectivity index (χ4n) is 8.31. The first-order valence-corrected chi connectivity index (χ1v) is 18.1. The van der Waals surface area contributed by atoms with Crippen LogP contribution in [0.25, 0.3) is 5.65 Å². The van der Waals surface area contributed by atoms with Gasteiger partial charge >= 0.3 is 0 Å². The molecule has 1 saturated heterocycles. The maximum Gasteiger partial charge on any atom is 0.261 e. The van der Waals surface area contributed by atoms with Crippen molar-refractivity contribution in [3.63, 3.8) is 0 Å². The van der Waals surface area contributed by atoms with Crippen LogP contribution in [0.2, 0.25) is 0 Å². The zero-order valence-electron chi connectivity index (χ0n) is 29.1. The van der Waals surface area contributed by atoms with Crippen LogP contribution in [0.15, 0.2) is 55.0 Å². The summed E-state index contributed by atoms with van der Waals surface area (Å²) >= 11 is 0. The Kier molecular flexibility index (Phi) is 8.79. The van der Waals surface area contributed by atoms with E-state index in [2.05, 4.69) is 43.8 Å². The highest BCUT2D eigenvalue weighted by molar-refractivity contribution is 6.09. The van der Waals surface area contributed by atoms with Gasteiger partial charge in [-0.25, -0.2) is 9.50 Å². The minimum Gasteiger partial charge on any atom is -0.489 e. The molecule has 1 atom stereocenters. The van der Waals surface area contributed by atoms with Gasteiger partial charge in [0.05, 0.1) is 23.9 Å². The summed E-state index contributed by atoms with van der Waals surface area (Å²) in [5.41, 5.74) is 6.50. The zero-order chi connectivity index (χ0) is 35.2. The number of hydrogen-bond acceptors (Lipinski definition) is 8. The van der Waals surface area contributed by atoms with Crippen molar-refractivity contribution >= 4 is 35.0 Å². The Balaban J connectivity index is 0.887. The molecule has 0 radical (unpaired) electrons.